The van der Waals surface area contributed by atoms with Gasteiger partial charge in [-0.15, -0.1) is 0 Å². The van der Waals surface area contributed by atoms with E-state index in [2.05, 4.69) is 40.7 Å². The highest BCUT2D eigenvalue weighted by atomic mass is 16.5. The van der Waals surface area contributed by atoms with Crippen LogP contribution < -0.4 is 0 Å². The van der Waals surface area contributed by atoms with Crippen molar-refractivity contribution in [1.29, 1.82) is 0 Å². The molecule has 3 N–H and O–H groups in total. The summed E-state index contributed by atoms with van der Waals surface area (Å²) >= 11 is 0. The third-order valence-corrected chi connectivity index (χ3v) is 13.3. The average Bonchev–Trinajstić information content (AvgIpc) is 2.81. The fourth-order valence-electron chi connectivity index (χ4n) is 10.9. The van der Waals surface area contributed by atoms with Crippen LogP contribution in [0.4, 0.5) is 0 Å². The number of allylic oxidation sites excluding steroid dienone is 2. The minimum atomic E-state index is -1.15. The highest BCUT2D eigenvalue weighted by molar-refractivity contribution is 5.79. The second kappa shape index (κ2) is 8.06. The van der Waals surface area contributed by atoms with E-state index >= 15 is 0 Å². The van der Waals surface area contributed by atoms with Crippen LogP contribution in [0.3, 0.4) is 0 Å². The molecule has 0 bridgehead atoms. The Morgan fingerprint density at radius 3 is 2.19 bits per heavy atom. The monoisotopic (exact) mass is 516 g/mol. The third-order valence-electron chi connectivity index (χ3n) is 13.3. The number of methoxy groups -OCH3 is 1. The lowest BCUT2D eigenvalue weighted by atomic mass is 9.33. The molecule has 10 atom stereocenters. The molecule has 0 aliphatic heterocycles. The molecule has 4 saturated carbocycles. The van der Waals surface area contributed by atoms with Crippen LogP contribution in [0.2, 0.25) is 0 Å². The van der Waals surface area contributed by atoms with Crippen LogP contribution in [-0.2, 0) is 14.3 Å². The second-order valence-electron chi connectivity index (χ2n) is 15.1. The summed E-state index contributed by atoms with van der Waals surface area (Å²) in [6.45, 7) is 13.3. The van der Waals surface area contributed by atoms with Gasteiger partial charge in [0.25, 0.3) is 0 Å². The lowest BCUT2D eigenvalue weighted by Gasteiger charge is -2.71. The lowest BCUT2D eigenvalue weighted by Crippen LogP contribution is -2.68. The average molecular weight is 517 g/mol. The first kappa shape index (κ1) is 27.2. The maximum atomic E-state index is 13.4. The summed E-state index contributed by atoms with van der Waals surface area (Å²) in [6, 6.07) is 0. The van der Waals surface area contributed by atoms with E-state index in [1.54, 1.807) is 6.92 Å². The summed E-state index contributed by atoms with van der Waals surface area (Å²) in [7, 11) is 1.44. The Morgan fingerprint density at radius 2 is 1.57 bits per heavy atom. The van der Waals surface area contributed by atoms with E-state index in [1.807, 2.05) is 0 Å². The summed E-state index contributed by atoms with van der Waals surface area (Å²) in [5.74, 6) is -1.08. The molecule has 37 heavy (non-hydrogen) atoms. The van der Waals surface area contributed by atoms with Gasteiger partial charge in [0, 0.05) is 0 Å². The van der Waals surface area contributed by atoms with Crippen molar-refractivity contribution in [3.8, 4) is 0 Å². The van der Waals surface area contributed by atoms with Crippen molar-refractivity contribution in [2.75, 3.05) is 7.11 Å². The zero-order chi connectivity index (χ0) is 27.4. The molecule has 0 spiro atoms. The van der Waals surface area contributed by atoms with Crippen LogP contribution in [0.25, 0.3) is 0 Å². The van der Waals surface area contributed by atoms with Gasteiger partial charge < -0.3 is 20.1 Å². The number of carboxylic acids is 1. The number of aliphatic hydroxyl groups is 2. The second-order valence-corrected chi connectivity index (χ2v) is 15.1. The molecule has 0 aromatic carbocycles. The number of esters is 1. The fraction of sp³-hybridized carbons (Fsp3) is 0.871. The summed E-state index contributed by atoms with van der Waals surface area (Å²) in [5.41, 5.74) is -1.31. The fourth-order valence-corrected chi connectivity index (χ4v) is 10.9. The van der Waals surface area contributed by atoms with Crippen molar-refractivity contribution in [2.45, 2.75) is 112 Å². The quantitative estimate of drug-likeness (QED) is 0.337. The lowest BCUT2D eigenvalue weighted by molar-refractivity contribution is -0.226. The summed E-state index contributed by atoms with van der Waals surface area (Å²) in [4.78, 5) is 26.0. The topological polar surface area (TPSA) is 104 Å². The third kappa shape index (κ3) is 3.18. The van der Waals surface area contributed by atoms with Gasteiger partial charge >= 0.3 is 11.9 Å². The molecule has 0 unspecified atom stereocenters. The van der Waals surface area contributed by atoms with E-state index < -0.39 is 29.0 Å². The van der Waals surface area contributed by atoms with Crippen LogP contribution >= 0.6 is 0 Å². The van der Waals surface area contributed by atoms with Gasteiger partial charge in [-0.25, -0.2) is 0 Å². The molecule has 5 aliphatic carbocycles. The number of carbonyl (C=O) groups excluding carboxylic acids is 1. The van der Waals surface area contributed by atoms with Gasteiger partial charge in [-0.05, 0) is 104 Å². The molecule has 0 amide bonds. The van der Waals surface area contributed by atoms with E-state index in [0.717, 1.165) is 38.5 Å². The van der Waals surface area contributed by atoms with Crippen LogP contribution in [0.5, 0.6) is 0 Å². The van der Waals surface area contributed by atoms with E-state index in [0.29, 0.717) is 19.3 Å². The van der Waals surface area contributed by atoms with E-state index in [1.165, 1.54) is 12.7 Å². The molecule has 6 nitrogen and oxygen atoms in total. The Labute approximate surface area is 222 Å². The first-order valence-electron chi connectivity index (χ1n) is 14.4. The van der Waals surface area contributed by atoms with Crippen molar-refractivity contribution in [2.24, 2.45) is 50.2 Å². The number of aliphatic carboxylic acids is 1. The molecule has 0 aromatic rings. The minimum Gasteiger partial charge on any atom is -0.481 e. The van der Waals surface area contributed by atoms with E-state index in [4.69, 9.17) is 4.74 Å². The Hall–Kier alpha value is -1.40. The molecule has 5 rings (SSSR count). The Morgan fingerprint density at radius 1 is 0.892 bits per heavy atom. The number of rotatable bonds is 2. The number of ether oxygens (including phenoxy) is 1. The van der Waals surface area contributed by atoms with Gasteiger partial charge in [-0.1, -0.05) is 46.3 Å². The molecule has 208 valence electrons. The van der Waals surface area contributed by atoms with Gasteiger partial charge in [0.15, 0.2) is 0 Å². The van der Waals surface area contributed by atoms with Crippen LogP contribution in [0.15, 0.2) is 11.6 Å². The first-order chi connectivity index (χ1) is 17.0. The van der Waals surface area contributed by atoms with Crippen LogP contribution in [0, 0.1) is 50.2 Å². The largest absolute Gasteiger partial charge is 0.481 e. The number of hydrogen-bond acceptors (Lipinski definition) is 5. The Kier molecular flexibility index (Phi) is 5.92. The maximum Gasteiger partial charge on any atom is 0.315 e. The zero-order valence-electron chi connectivity index (χ0n) is 23.9. The SMILES string of the molecule is COC(=O)[C@]12CCC(C)(C)C[C@H]1C1=CC[C@@H]3[C@@]4(C)CC[C@H](O)[C@@](C)(C(=O)O)[C@@H]4CC[C@@]3(C)[C@]1(C)C[C@H]2O. The highest BCUT2D eigenvalue weighted by Gasteiger charge is 2.72. The number of aliphatic hydroxyl groups excluding tert-OH is 2. The number of carboxylic acid groups (broad SMARTS) is 1. The first-order valence-corrected chi connectivity index (χ1v) is 14.4. The standard InChI is InChI=1S/C31H48O6/c1-26(2)14-15-31(25(36)37-7)19(16-26)18-8-9-20-27(3)12-11-22(32)30(6,24(34)35)21(27)10-13-28(20,4)29(18,5)17-23(31)33/h8,19-23,32-33H,9-17H2,1-7H3,(H,34,35)/t19-,20+,21+,22-,23+,27+,28+,29+,30-,31+/m0/s1. The van der Waals surface area contributed by atoms with E-state index in [-0.39, 0.29) is 45.4 Å². The summed E-state index contributed by atoms with van der Waals surface area (Å²) in [6.07, 6.45) is 7.45. The van der Waals surface area contributed by atoms with Crippen molar-refractivity contribution in [3.05, 3.63) is 11.6 Å². The molecule has 0 saturated heterocycles. The Bertz CT molecular complexity index is 1030. The van der Waals surface area contributed by atoms with Crippen molar-refractivity contribution in [1.82, 2.24) is 0 Å². The molecule has 5 aliphatic rings. The van der Waals surface area contributed by atoms with Crippen LogP contribution in [-0.4, -0.2) is 46.6 Å². The maximum absolute atomic E-state index is 13.4. The molecule has 4 fully saturated rings. The van der Waals surface area contributed by atoms with Crippen molar-refractivity contribution in [3.63, 3.8) is 0 Å². The number of hydrogen-bond donors (Lipinski definition) is 3. The van der Waals surface area contributed by atoms with Gasteiger partial charge in [-0.3, -0.25) is 9.59 Å². The molecule has 6 heteroatoms. The van der Waals surface area contributed by atoms with Crippen molar-refractivity contribution >= 4 is 11.9 Å². The number of carbonyl (C=O) groups is 2. The van der Waals surface area contributed by atoms with Gasteiger partial charge in [0.05, 0.1) is 24.7 Å². The van der Waals surface area contributed by atoms with Gasteiger partial charge in [0.1, 0.15) is 5.41 Å². The smallest absolute Gasteiger partial charge is 0.315 e. The highest BCUT2D eigenvalue weighted by Crippen LogP contribution is 2.75. The van der Waals surface area contributed by atoms with Crippen LogP contribution in [0.1, 0.15) is 99.3 Å². The van der Waals surface area contributed by atoms with Gasteiger partial charge in [0.2, 0.25) is 0 Å². The molecule has 0 heterocycles. The Balaban J connectivity index is 1.63. The minimum absolute atomic E-state index is 0.0572. The summed E-state index contributed by atoms with van der Waals surface area (Å²) < 4.78 is 5.37. The van der Waals surface area contributed by atoms with E-state index in [9.17, 15) is 24.9 Å². The molecular weight excluding hydrogens is 468 g/mol. The number of fused-ring (bicyclic) bond motifs is 7. The predicted octanol–water partition coefficient (Wildman–Crippen LogP) is 5.36. The van der Waals surface area contributed by atoms with Crippen molar-refractivity contribution < 1.29 is 29.6 Å². The molecule has 0 radical (unpaired) electrons. The zero-order valence-corrected chi connectivity index (χ0v) is 23.9. The predicted molar refractivity (Wildman–Crippen MR) is 140 cm³/mol. The molecule has 0 aromatic heterocycles. The summed E-state index contributed by atoms with van der Waals surface area (Å²) in [5, 5.41) is 33.1. The normalized spacial score (nSPS) is 52.5. The molecular formula is C31H48O6. The van der Waals surface area contributed by atoms with Gasteiger partial charge in [-0.2, -0.15) is 0 Å².